The lowest BCUT2D eigenvalue weighted by Crippen LogP contribution is -2.26. The lowest BCUT2D eigenvalue weighted by molar-refractivity contribution is -0.138. The number of benzene rings is 1. The third kappa shape index (κ3) is 3.86. The molecule has 112 valence electrons. The maximum absolute atomic E-state index is 12.9. The first-order valence-electron chi connectivity index (χ1n) is 6.10. The van der Waals surface area contributed by atoms with Crippen molar-refractivity contribution in [3.8, 4) is 0 Å². The van der Waals surface area contributed by atoms with Gasteiger partial charge in [-0.3, -0.25) is 0 Å². The van der Waals surface area contributed by atoms with Crippen molar-refractivity contribution in [1.82, 2.24) is 0 Å². The zero-order chi connectivity index (χ0) is 15.0. The Labute approximate surface area is 123 Å². The summed E-state index contributed by atoms with van der Waals surface area (Å²) in [5.41, 5.74) is -0.668. The number of alkyl halides is 3. The van der Waals surface area contributed by atoms with Gasteiger partial charge < -0.3 is 14.8 Å². The van der Waals surface area contributed by atoms with E-state index in [9.17, 15) is 13.2 Å². The molecule has 1 unspecified atom stereocenters. The van der Waals surface area contributed by atoms with Crippen molar-refractivity contribution >= 4 is 21.6 Å². The molecule has 0 amide bonds. The Bertz CT molecular complexity index is 491. The summed E-state index contributed by atoms with van der Waals surface area (Å²) in [4.78, 5) is 0. The summed E-state index contributed by atoms with van der Waals surface area (Å²) in [6.45, 7) is 4.16. The number of halogens is 4. The molecule has 1 saturated heterocycles. The molecule has 1 aliphatic heterocycles. The minimum atomic E-state index is -4.40. The van der Waals surface area contributed by atoms with Crippen LogP contribution in [0, 0.1) is 0 Å². The molecular weight excluding hydrogens is 339 g/mol. The van der Waals surface area contributed by atoms with Gasteiger partial charge in [0.2, 0.25) is 0 Å². The van der Waals surface area contributed by atoms with Crippen LogP contribution in [0.25, 0.3) is 0 Å². The molecule has 1 fully saturated rings. The summed E-state index contributed by atoms with van der Waals surface area (Å²) in [5.74, 6) is -0.682. The van der Waals surface area contributed by atoms with E-state index in [-0.39, 0.29) is 18.3 Å². The van der Waals surface area contributed by atoms with Crippen LogP contribution in [0.15, 0.2) is 22.7 Å². The Hall–Kier alpha value is -0.790. The van der Waals surface area contributed by atoms with Crippen LogP contribution in [0.5, 0.6) is 0 Å². The van der Waals surface area contributed by atoms with E-state index in [4.69, 9.17) is 9.47 Å². The van der Waals surface area contributed by atoms with Crippen LogP contribution in [-0.2, 0) is 15.7 Å². The van der Waals surface area contributed by atoms with E-state index in [2.05, 4.69) is 21.2 Å². The summed E-state index contributed by atoms with van der Waals surface area (Å²) in [6, 6.07) is 4.01. The van der Waals surface area contributed by atoms with Gasteiger partial charge in [0, 0.05) is 16.7 Å². The zero-order valence-corrected chi connectivity index (χ0v) is 12.6. The number of nitrogens with one attached hydrogen (secondary N) is 1. The van der Waals surface area contributed by atoms with Crippen molar-refractivity contribution in [2.24, 2.45) is 0 Å². The molecule has 1 N–H and O–H groups in total. The van der Waals surface area contributed by atoms with Crippen LogP contribution in [-0.4, -0.2) is 25.0 Å². The normalized spacial score (nSPS) is 22.0. The molecule has 1 aromatic carbocycles. The van der Waals surface area contributed by atoms with Crippen molar-refractivity contribution in [2.75, 3.05) is 18.5 Å². The van der Waals surface area contributed by atoms with Gasteiger partial charge in [0.15, 0.2) is 5.79 Å². The van der Waals surface area contributed by atoms with Gasteiger partial charge in [-0.2, -0.15) is 13.2 Å². The Morgan fingerprint density at radius 3 is 2.65 bits per heavy atom. The van der Waals surface area contributed by atoms with E-state index in [0.717, 1.165) is 6.07 Å². The van der Waals surface area contributed by atoms with Crippen molar-refractivity contribution in [3.63, 3.8) is 0 Å². The maximum atomic E-state index is 12.9. The smallest absolute Gasteiger partial charge is 0.382 e. The Morgan fingerprint density at radius 1 is 1.40 bits per heavy atom. The highest BCUT2D eigenvalue weighted by molar-refractivity contribution is 9.10. The molecule has 0 saturated carbocycles. The average molecular weight is 354 g/mol. The van der Waals surface area contributed by atoms with Crippen LogP contribution >= 0.6 is 15.9 Å². The summed E-state index contributed by atoms with van der Waals surface area (Å²) in [7, 11) is 0. The highest BCUT2D eigenvalue weighted by atomic mass is 79.9. The van der Waals surface area contributed by atoms with Gasteiger partial charge in [0.25, 0.3) is 0 Å². The number of hydrogen-bond acceptors (Lipinski definition) is 3. The Kier molecular flexibility index (Phi) is 4.32. The molecule has 1 atom stereocenters. The van der Waals surface area contributed by atoms with Crippen molar-refractivity contribution in [2.45, 2.75) is 31.9 Å². The number of hydrogen-bond donors (Lipinski definition) is 1. The van der Waals surface area contributed by atoms with Crippen molar-refractivity contribution < 1.29 is 22.6 Å². The Morgan fingerprint density at radius 2 is 2.10 bits per heavy atom. The summed E-state index contributed by atoms with van der Waals surface area (Å²) in [6.07, 6.45) is -4.67. The topological polar surface area (TPSA) is 30.5 Å². The summed E-state index contributed by atoms with van der Waals surface area (Å²) < 4.78 is 50.1. The highest BCUT2D eigenvalue weighted by Crippen LogP contribution is 2.36. The molecule has 1 aliphatic rings. The fourth-order valence-electron chi connectivity index (χ4n) is 1.99. The van der Waals surface area contributed by atoms with Gasteiger partial charge in [-0.15, -0.1) is 0 Å². The van der Waals surface area contributed by atoms with Gasteiger partial charge >= 0.3 is 6.18 Å². The third-order valence-corrected chi connectivity index (χ3v) is 3.37. The quantitative estimate of drug-likeness (QED) is 0.889. The molecule has 0 aromatic heterocycles. The minimum Gasteiger partial charge on any atom is -0.382 e. The number of rotatable bonds is 3. The van der Waals surface area contributed by atoms with E-state index in [1.165, 1.54) is 6.07 Å². The number of anilines is 1. The van der Waals surface area contributed by atoms with Gasteiger partial charge in [-0.25, -0.2) is 0 Å². The van der Waals surface area contributed by atoms with Crippen LogP contribution in [0.4, 0.5) is 18.9 Å². The molecule has 0 radical (unpaired) electrons. The average Bonchev–Trinajstić information content (AvgIpc) is 2.66. The van der Waals surface area contributed by atoms with Crippen LogP contribution in [0.1, 0.15) is 19.4 Å². The second kappa shape index (κ2) is 5.54. The summed E-state index contributed by atoms with van der Waals surface area (Å²) in [5, 5.41) is 2.78. The van der Waals surface area contributed by atoms with E-state index in [1.807, 2.05) is 0 Å². The van der Waals surface area contributed by atoms with Crippen molar-refractivity contribution in [3.05, 3.63) is 28.2 Å². The molecule has 0 spiro atoms. The predicted octanol–water partition coefficient (Wildman–Crippen LogP) is 4.03. The highest BCUT2D eigenvalue weighted by Gasteiger charge is 2.35. The van der Waals surface area contributed by atoms with E-state index in [1.54, 1.807) is 19.9 Å². The minimum absolute atomic E-state index is 0.0361. The lowest BCUT2D eigenvalue weighted by atomic mass is 10.1. The first-order chi connectivity index (χ1) is 9.17. The molecule has 1 aromatic rings. The number of ether oxygens (including phenoxy) is 2. The molecule has 0 bridgehead atoms. The molecule has 7 heteroatoms. The SMILES string of the molecule is CC1(C)OCC(CNc2ccc(Br)cc2C(F)(F)F)O1. The Balaban J connectivity index is 2.07. The van der Waals surface area contributed by atoms with E-state index in [0.29, 0.717) is 11.1 Å². The van der Waals surface area contributed by atoms with Gasteiger partial charge in [-0.1, -0.05) is 15.9 Å². The molecule has 0 aliphatic carbocycles. The lowest BCUT2D eigenvalue weighted by Gasteiger charge is -2.19. The molecule has 3 nitrogen and oxygen atoms in total. The van der Waals surface area contributed by atoms with Gasteiger partial charge in [0.05, 0.1) is 12.2 Å². The second-order valence-electron chi connectivity index (χ2n) is 5.02. The van der Waals surface area contributed by atoms with Crippen LogP contribution < -0.4 is 5.32 Å². The first kappa shape index (κ1) is 15.6. The fraction of sp³-hybridized carbons (Fsp3) is 0.538. The van der Waals surface area contributed by atoms with E-state index >= 15 is 0 Å². The molecular formula is C13H15BrF3NO2. The van der Waals surface area contributed by atoms with Gasteiger partial charge in [-0.05, 0) is 32.0 Å². The van der Waals surface area contributed by atoms with Crippen LogP contribution in [0.3, 0.4) is 0 Å². The molecule has 1 heterocycles. The first-order valence-corrected chi connectivity index (χ1v) is 6.89. The van der Waals surface area contributed by atoms with Crippen molar-refractivity contribution in [1.29, 1.82) is 0 Å². The summed E-state index contributed by atoms with van der Waals surface area (Å²) >= 11 is 3.05. The monoisotopic (exact) mass is 353 g/mol. The van der Waals surface area contributed by atoms with E-state index < -0.39 is 17.5 Å². The zero-order valence-electron chi connectivity index (χ0n) is 11.1. The standard InChI is InChI=1S/C13H15BrF3NO2/c1-12(2)19-7-9(20-12)6-18-11-4-3-8(14)5-10(11)13(15,16)17/h3-5,9,18H,6-7H2,1-2H3. The maximum Gasteiger partial charge on any atom is 0.418 e. The fourth-order valence-corrected chi connectivity index (χ4v) is 2.35. The van der Waals surface area contributed by atoms with Crippen LogP contribution in [0.2, 0.25) is 0 Å². The predicted molar refractivity (Wildman–Crippen MR) is 72.5 cm³/mol. The molecule has 2 rings (SSSR count). The molecule has 20 heavy (non-hydrogen) atoms. The second-order valence-corrected chi connectivity index (χ2v) is 5.93. The third-order valence-electron chi connectivity index (χ3n) is 2.87. The largest absolute Gasteiger partial charge is 0.418 e. The van der Waals surface area contributed by atoms with Gasteiger partial charge in [0.1, 0.15) is 6.10 Å².